The van der Waals surface area contributed by atoms with Crippen molar-refractivity contribution in [1.82, 2.24) is 0 Å². The Labute approximate surface area is 117 Å². The Morgan fingerprint density at radius 3 is 2.47 bits per heavy atom. The predicted molar refractivity (Wildman–Crippen MR) is 76.1 cm³/mol. The largest absolute Gasteiger partial charge is 0.377 e. The van der Waals surface area contributed by atoms with Crippen molar-refractivity contribution in [2.24, 2.45) is 5.92 Å². The van der Waals surface area contributed by atoms with Crippen LogP contribution in [0.25, 0.3) is 0 Å². The number of rotatable bonds is 8. The van der Waals surface area contributed by atoms with Crippen LogP contribution in [-0.4, -0.2) is 24.3 Å². The van der Waals surface area contributed by atoms with Gasteiger partial charge < -0.3 is 4.74 Å². The van der Waals surface area contributed by atoms with E-state index in [1.165, 1.54) is 0 Å². The van der Waals surface area contributed by atoms with Gasteiger partial charge in [-0.25, -0.2) is 0 Å². The molecule has 0 heterocycles. The number of hydrogen-bond donors (Lipinski definition) is 0. The molecule has 0 amide bonds. The van der Waals surface area contributed by atoms with Crippen LogP contribution in [0.5, 0.6) is 0 Å². The van der Waals surface area contributed by atoms with Crippen LogP contribution in [0, 0.1) is 5.92 Å². The summed E-state index contributed by atoms with van der Waals surface area (Å²) in [6, 6.07) is 0. The van der Waals surface area contributed by atoms with Crippen molar-refractivity contribution in [3.8, 4) is 0 Å². The van der Waals surface area contributed by atoms with Gasteiger partial charge >= 0.3 is 0 Å². The highest BCUT2D eigenvalue weighted by molar-refractivity contribution is 6.38. The molecule has 0 spiro atoms. The average Bonchev–Trinajstić information content (AvgIpc) is 2.66. The first-order valence-electron chi connectivity index (χ1n) is 7.89. The Balaban J connectivity index is 2.61. The topological polar surface area (TPSA) is 43.4 Å². The Morgan fingerprint density at radius 1 is 1.05 bits per heavy atom. The maximum absolute atomic E-state index is 12.3. The van der Waals surface area contributed by atoms with E-state index in [9.17, 15) is 9.59 Å². The zero-order valence-corrected chi connectivity index (χ0v) is 12.5. The molecule has 3 nitrogen and oxygen atoms in total. The summed E-state index contributed by atoms with van der Waals surface area (Å²) in [5.41, 5.74) is 0. The summed E-state index contributed by atoms with van der Waals surface area (Å²) in [7, 11) is 0. The number of unbranched alkanes of at least 4 members (excludes halogenated alkanes) is 1. The summed E-state index contributed by atoms with van der Waals surface area (Å²) in [6.07, 6.45) is 8.18. The third kappa shape index (κ3) is 5.43. The van der Waals surface area contributed by atoms with E-state index in [4.69, 9.17) is 4.74 Å². The molecule has 0 aliphatic heterocycles. The van der Waals surface area contributed by atoms with Crippen LogP contribution in [0.4, 0.5) is 0 Å². The molecule has 0 bridgehead atoms. The number of carbonyl (C=O) groups is 2. The quantitative estimate of drug-likeness (QED) is 0.498. The monoisotopic (exact) mass is 268 g/mol. The Hall–Kier alpha value is -0.700. The number of hydrogen-bond acceptors (Lipinski definition) is 3. The number of ketones is 2. The third-order valence-electron chi connectivity index (χ3n) is 3.86. The van der Waals surface area contributed by atoms with Gasteiger partial charge in [0, 0.05) is 13.0 Å². The minimum absolute atomic E-state index is 0.0273. The second-order valence-electron chi connectivity index (χ2n) is 5.54. The molecule has 1 aliphatic carbocycles. The van der Waals surface area contributed by atoms with E-state index in [0.29, 0.717) is 13.0 Å². The van der Waals surface area contributed by atoms with E-state index in [1.54, 1.807) is 0 Å². The van der Waals surface area contributed by atoms with Crippen molar-refractivity contribution in [3.63, 3.8) is 0 Å². The van der Waals surface area contributed by atoms with Gasteiger partial charge in [-0.15, -0.1) is 0 Å². The van der Waals surface area contributed by atoms with Gasteiger partial charge in [-0.2, -0.15) is 0 Å². The average molecular weight is 268 g/mol. The van der Waals surface area contributed by atoms with Crippen molar-refractivity contribution in [2.75, 3.05) is 6.61 Å². The van der Waals surface area contributed by atoms with Gasteiger partial charge in [0.15, 0.2) is 5.78 Å². The normalized spacial score (nSPS) is 23.9. The lowest BCUT2D eigenvalue weighted by Crippen LogP contribution is -2.34. The molecule has 2 atom stereocenters. The molecule has 0 radical (unpaired) electrons. The van der Waals surface area contributed by atoms with Crippen molar-refractivity contribution < 1.29 is 14.3 Å². The molecule has 0 N–H and O–H groups in total. The first-order chi connectivity index (χ1) is 9.20. The van der Waals surface area contributed by atoms with E-state index in [-0.39, 0.29) is 23.6 Å². The minimum Gasteiger partial charge on any atom is -0.377 e. The van der Waals surface area contributed by atoms with E-state index >= 15 is 0 Å². The molecule has 0 aromatic heterocycles. The zero-order chi connectivity index (χ0) is 14.1. The minimum atomic E-state index is -0.182. The molecular formula is C16H28O3. The summed E-state index contributed by atoms with van der Waals surface area (Å²) in [5.74, 6) is -0.534. The lowest BCUT2D eigenvalue weighted by atomic mass is 9.89. The van der Waals surface area contributed by atoms with Gasteiger partial charge in [-0.05, 0) is 25.7 Å². The molecule has 19 heavy (non-hydrogen) atoms. The molecule has 3 heteroatoms. The van der Waals surface area contributed by atoms with Crippen LogP contribution in [0.3, 0.4) is 0 Å². The number of carbonyl (C=O) groups excluding carboxylic acids is 2. The second-order valence-corrected chi connectivity index (χ2v) is 5.54. The fourth-order valence-electron chi connectivity index (χ4n) is 2.71. The van der Waals surface area contributed by atoms with Crippen molar-refractivity contribution in [1.29, 1.82) is 0 Å². The highest BCUT2D eigenvalue weighted by Gasteiger charge is 2.33. The smallest absolute Gasteiger partial charge is 0.204 e. The maximum Gasteiger partial charge on any atom is 0.204 e. The second kappa shape index (κ2) is 9.24. The Kier molecular flexibility index (Phi) is 7.96. The van der Waals surface area contributed by atoms with Gasteiger partial charge in [0.25, 0.3) is 0 Å². The fourth-order valence-corrected chi connectivity index (χ4v) is 2.71. The molecule has 0 aromatic carbocycles. The van der Waals surface area contributed by atoms with Crippen LogP contribution < -0.4 is 0 Å². The van der Waals surface area contributed by atoms with Crippen molar-refractivity contribution >= 4 is 11.6 Å². The van der Waals surface area contributed by atoms with E-state index < -0.39 is 0 Å². The summed E-state index contributed by atoms with van der Waals surface area (Å²) in [6.45, 7) is 4.80. The summed E-state index contributed by atoms with van der Waals surface area (Å²) in [4.78, 5) is 24.2. The van der Waals surface area contributed by atoms with Gasteiger partial charge in [0.1, 0.15) is 0 Å². The molecule has 0 aromatic rings. The molecule has 0 unspecified atom stereocenters. The van der Waals surface area contributed by atoms with Gasteiger partial charge in [0.2, 0.25) is 5.78 Å². The maximum atomic E-state index is 12.3. The summed E-state index contributed by atoms with van der Waals surface area (Å²) < 4.78 is 5.83. The van der Waals surface area contributed by atoms with Gasteiger partial charge in [-0.1, -0.05) is 39.5 Å². The van der Waals surface area contributed by atoms with Gasteiger partial charge in [-0.3, -0.25) is 9.59 Å². The molecule has 1 aliphatic rings. The molecule has 110 valence electrons. The molecule has 1 fully saturated rings. The van der Waals surface area contributed by atoms with Gasteiger partial charge in [0.05, 0.1) is 12.0 Å². The first kappa shape index (κ1) is 16.4. The van der Waals surface area contributed by atoms with Crippen LogP contribution in [0.2, 0.25) is 0 Å². The number of ether oxygens (including phenoxy) is 1. The highest BCUT2D eigenvalue weighted by atomic mass is 16.5. The van der Waals surface area contributed by atoms with E-state index in [0.717, 1.165) is 51.4 Å². The van der Waals surface area contributed by atoms with Crippen LogP contribution in [0.15, 0.2) is 0 Å². The molecule has 1 rings (SSSR count). The third-order valence-corrected chi connectivity index (χ3v) is 3.86. The van der Waals surface area contributed by atoms with Crippen molar-refractivity contribution in [3.05, 3.63) is 0 Å². The summed E-state index contributed by atoms with van der Waals surface area (Å²) >= 11 is 0. The zero-order valence-electron chi connectivity index (χ0n) is 12.5. The number of Topliss-reactive ketones (excluding diaryl/α,β-unsaturated/α-hetero) is 2. The predicted octanol–water partition coefficient (Wildman–Crippen LogP) is 3.69. The fraction of sp³-hybridized carbons (Fsp3) is 0.875. The Morgan fingerprint density at radius 2 is 1.79 bits per heavy atom. The first-order valence-corrected chi connectivity index (χ1v) is 7.89. The van der Waals surface area contributed by atoms with Crippen LogP contribution in [0.1, 0.15) is 71.6 Å². The molecule has 0 saturated heterocycles. The SMILES string of the molecule is CCCCC(=O)C(=O)[C@H]1CCCCC[C@@H]1OCCC. The van der Waals surface area contributed by atoms with Crippen LogP contribution >= 0.6 is 0 Å². The molecule has 1 saturated carbocycles. The lowest BCUT2D eigenvalue weighted by molar-refractivity contribution is -0.142. The van der Waals surface area contributed by atoms with E-state index in [2.05, 4.69) is 6.92 Å². The lowest BCUT2D eigenvalue weighted by Gasteiger charge is -2.23. The standard InChI is InChI=1S/C16H28O3/c1-3-5-10-14(17)16(18)13-9-7-6-8-11-15(13)19-12-4-2/h13,15H,3-12H2,1-2H3/t13-,15-/m0/s1. The summed E-state index contributed by atoms with van der Waals surface area (Å²) in [5, 5.41) is 0. The molecular weight excluding hydrogens is 240 g/mol. The van der Waals surface area contributed by atoms with Crippen LogP contribution in [-0.2, 0) is 14.3 Å². The van der Waals surface area contributed by atoms with Crippen molar-refractivity contribution in [2.45, 2.75) is 77.7 Å². The van der Waals surface area contributed by atoms with E-state index in [1.807, 2.05) is 6.92 Å². The Bertz CT molecular complexity index is 286. The highest BCUT2D eigenvalue weighted by Crippen LogP contribution is 2.27.